The monoisotopic (exact) mass is 515 g/mol. The molecule has 1 aliphatic rings. The van der Waals surface area contributed by atoms with Gasteiger partial charge < -0.3 is 19.7 Å². The van der Waals surface area contributed by atoms with Crippen LogP contribution >= 0.6 is 0 Å². The van der Waals surface area contributed by atoms with Gasteiger partial charge in [0, 0.05) is 25.5 Å². The van der Waals surface area contributed by atoms with Gasteiger partial charge in [0.15, 0.2) is 15.5 Å². The summed E-state index contributed by atoms with van der Waals surface area (Å²) >= 11 is 0. The van der Waals surface area contributed by atoms with Gasteiger partial charge in [0.2, 0.25) is 5.95 Å². The zero-order valence-electron chi connectivity index (χ0n) is 19.2. The third kappa shape index (κ3) is 5.37. The highest BCUT2D eigenvalue weighted by Gasteiger charge is 2.39. The fourth-order valence-corrected chi connectivity index (χ4v) is 4.55. The molecule has 3 aromatic rings. The highest BCUT2D eigenvalue weighted by Crippen LogP contribution is 2.32. The molecule has 0 atom stereocenters. The minimum Gasteiger partial charge on any atom is -0.478 e. The van der Waals surface area contributed by atoms with Crippen molar-refractivity contribution >= 4 is 32.8 Å². The number of rotatable bonds is 4. The van der Waals surface area contributed by atoms with E-state index in [-0.39, 0.29) is 36.0 Å². The van der Waals surface area contributed by atoms with Crippen LogP contribution in [0.2, 0.25) is 0 Å². The second-order valence-electron chi connectivity index (χ2n) is 7.92. The molecule has 2 N–H and O–H groups in total. The third-order valence-corrected chi connectivity index (χ3v) is 6.24. The first-order chi connectivity index (χ1) is 16.3. The maximum atomic E-state index is 13.3. The molecule has 0 bridgehead atoms. The Balaban J connectivity index is 0.00000108. The van der Waals surface area contributed by atoms with Crippen molar-refractivity contribution in [2.45, 2.75) is 51.0 Å². The summed E-state index contributed by atoms with van der Waals surface area (Å²) in [6, 6.07) is 2.88. The lowest BCUT2D eigenvalue weighted by molar-refractivity contribution is -0.141. The number of imidazole rings is 1. The summed E-state index contributed by atoms with van der Waals surface area (Å²) in [5.74, 6) is -1.65. The molecule has 14 heteroatoms. The number of nitrogens with zero attached hydrogens (tertiary/aromatic N) is 5. The number of sulfone groups is 1. The van der Waals surface area contributed by atoms with Gasteiger partial charge in [-0.15, -0.1) is 0 Å². The van der Waals surface area contributed by atoms with Gasteiger partial charge in [-0.1, -0.05) is 20.3 Å². The van der Waals surface area contributed by atoms with Gasteiger partial charge in [0.25, 0.3) is 0 Å². The molecule has 0 aliphatic carbocycles. The number of carbonyl (C=O) groups is 1. The number of benzene rings is 1. The molecule has 0 fully saturated rings. The number of alkyl halides is 3. The average molecular weight is 516 g/mol. The Bertz CT molecular complexity index is 1370. The van der Waals surface area contributed by atoms with Gasteiger partial charge in [-0.3, -0.25) is 0 Å². The van der Waals surface area contributed by atoms with E-state index in [2.05, 4.69) is 28.8 Å². The molecule has 0 spiro atoms. The molecular formula is C21H24F3N5O5S. The average Bonchev–Trinajstić information content (AvgIpc) is 3.13. The molecule has 2 aromatic heterocycles. The summed E-state index contributed by atoms with van der Waals surface area (Å²) in [7, 11) is -3.61. The first kappa shape index (κ1) is 26.3. The molecule has 35 heavy (non-hydrogen) atoms. The van der Waals surface area contributed by atoms with Crippen LogP contribution in [0.3, 0.4) is 0 Å². The van der Waals surface area contributed by atoms with Crippen LogP contribution < -0.4 is 4.90 Å². The summed E-state index contributed by atoms with van der Waals surface area (Å²) in [4.78, 5) is 24.2. The fraction of sp³-hybridized carbons (Fsp3) is 0.429. The van der Waals surface area contributed by atoms with Gasteiger partial charge in [-0.2, -0.15) is 13.2 Å². The fourth-order valence-electron chi connectivity index (χ4n) is 3.62. The van der Waals surface area contributed by atoms with E-state index in [1.165, 1.54) is 23.5 Å². The van der Waals surface area contributed by atoms with Crippen LogP contribution in [0.25, 0.3) is 11.0 Å². The Morgan fingerprint density at radius 1 is 1.17 bits per heavy atom. The normalized spacial score (nSPS) is 13.9. The Hall–Kier alpha value is -3.26. The number of hydrogen-bond donors (Lipinski definition) is 2. The first-order valence-electron chi connectivity index (χ1n) is 10.6. The Kier molecular flexibility index (Phi) is 7.36. The molecule has 1 aromatic carbocycles. The van der Waals surface area contributed by atoms with Gasteiger partial charge in [0.1, 0.15) is 11.4 Å². The van der Waals surface area contributed by atoms with Crippen LogP contribution in [0, 0.1) is 0 Å². The van der Waals surface area contributed by atoms with E-state index in [9.17, 15) is 31.5 Å². The number of anilines is 1. The summed E-state index contributed by atoms with van der Waals surface area (Å²) in [5.41, 5.74) is -1.46. The molecule has 10 nitrogen and oxygen atoms in total. The lowest BCUT2D eigenvalue weighted by atomic mass is 10.2. The molecule has 190 valence electrons. The van der Waals surface area contributed by atoms with E-state index in [1.54, 1.807) is 4.57 Å². The Morgan fingerprint density at radius 3 is 2.37 bits per heavy atom. The van der Waals surface area contributed by atoms with E-state index in [1.807, 2.05) is 0 Å². The van der Waals surface area contributed by atoms with Crippen LogP contribution in [0.4, 0.5) is 19.1 Å². The quantitative estimate of drug-likeness (QED) is 0.537. The van der Waals surface area contributed by atoms with Crippen molar-refractivity contribution in [1.29, 1.82) is 0 Å². The number of halogens is 3. The SMILES string of the molecule is CCC.CS(=O)(=O)c1cc2c(cc1CO)nc1n2CCN(c2ncc(C(=O)O)c(C(F)(F)F)n2)C1. The lowest BCUT2D eigenvalue weighted by Crippen LogP contribution is -2.35. The Morgan fingerprint density at radius 2 is 1.83 bits per heavy atom. The zero-order chi connectivity index (χ0) is 26.1. The standard InChI is InChI=1S/C18H16F3N5O5S.C3H8/c1-32(30,31)13-5-12-11(4-9(13)8-27)23-14-7-25(2-3-26(12)14)17-22-6-10(16(28)29)15(24-17)18(19,20)21;1-3-2/h4-6,27H,2-3,7-8H2,1H3,(H,28,29);3H2,1-2H3. The molecule has 0 saturated carbocycles. The van der Waals surface area contributed by atoms with Crippen molar-refractivity contribution in [2.75, 3.05) is 17.7 Å². The first-order valence-corrected chi connectivity index (χ1v) is 12.5. The third-order valence-electron chi connectivity index (χ3n) is 5.06. The Labute approximate surface area is 199 Å². The number of fused-ring (bicyclic) bond motifs is 3. The number of hydrogen-bond acceptors (Lipinski definition) is 8. The van der Waals surface area contributed by atoms with Crippen LogP contribution in [-0.4, -0.2) is 56.9 Å². The predicted octanol–water partition coefficient (Wildman–Crippen LogP) is 2.88. The van der Waals surface area contributed by atoms with Crippen molar-refractivity contribution in [3.8, 4) is 0 Å². The van der Waals surface area contributed by atoms with Gasteiger partial charge in [-0.25, -0.2) is 28.2 Å². The summed E-state index contributed by atoms with van der Waals surface area (Å²) < 4.78 is 65.7. The van der Waals surface area contributed by atoms with E-state index in [4.69, 9.17) is 5.11 Å². The van der Waals surface area contributed by atoms with Crippen molar-refractivity contribution in [1.82, 2.24) is 19.5 Å². The van der Waals surface area contributed by atoms with Crippen molar-refractivity contribution in [3.63, 3.8) is 0 Å². The number of aromatic nitrogens is 4. The van der Waals surface area contributed by atoms with Crippen LogP contribution in [0.1, 0.15) is 47.7 Å². The predicted molar refractivity (Wildman–Crippen MR) is 120 cm³/mol. The summed E-state index contributed by atoms with van der Waals surface area (Å²) in [6.07, 6.45) is -2.08. The number of carboxylic acid groups (broad SMARTS) is 1. The molecular weight excluding hydrogens is 491 g/mol. The molecule has 4 rings (SSSR count). The van der Waals surface area contributed by atoms with Gasteiger partial charge >= 0.3 is 12.1 Å². The minimum absolute atomic E-state index is 0.0149. The number of aliphatic hydroxyl groups is 1. The van der Waals surface area contributed by atoms with Crippen molar-refractivity contribution < 1.29 is 36.6 Å². The molecule has 3 heterocycles. The topological polar surface area (TPSA) is 139 Å². The molecule has 1 aliphatic heterocycles. The van der Waals surface area contributed by atoms with Crippen molar-refractivity contribution in [2.24, 2.45) is 0 Å². The zero-order valence-corrected chi connectivity index (χ0v) is 20.0. The highest BCUT2D eigenvalue weighted by molar-refractivity contribution is 7.90. The summed E-state index contributed by atoms with van der Waals surface area (Å²) in [6.45, 7) is 4.19. The molecule has 0 radical (unpaired) electrons. The van der Waals surface area contributed by atoms with Gasteiger partial charge in [0.05, 0.1) is 29.1 Å². The smallest absolute Gasteiger partial charge is 0.434 e. The van der Waals surface area contributed by atoms with Crippen LogP contribution in [0.15, 0.2) is 23.2 Å². The molecule has 0 amide bonds. The number of aromatic carboxylic acids is 1. The van der Waals surface area contributed by atoms with Crippen molar-refractivity contribution in [3.05, 3.63) is 41.0 Å². The maximum Gasteiger partial charge on any atom is 0.434 e. The molecule has 0 saturated heterocycles. The molecule has 0 unspecified atom stereocenters. The van der Waals surface area contributed by atoms with E-state index in [0.29, 0.717) is 23.1 Å². The van der Waals surface area contributed by atoms with E-state index in [0.717, 1.165) is 6.26 Å². The second-order valence-corrected chi connectivity index (χ2v) is 9.91. The van der Waals surface area contributed by atoms with Gasteiger partial charge in [-0.05, 0) is 17.7 Å². The van der Waals surface area contributed by atoms with E-state index < -0.39 is 39.8 Å². The maximum absolute atomic E-state index is 13.3. The van der Waals surface area contributed by atoms with Crippen LogP contribution in [0.5, 0.6) is 0 Å². The number of carboxylic acids is 1. The lowest BCUT2D eigenvalue weighted by Gasteiger charge is -2.28. The number of aliphatic hydroxyl groups excluding tert-OH is 1. The largest absolute Gasteiger partial charge is 0.478 e. The summed E-state index contributed by atoms with van der Waals surface area (Å²) in [5, 5.41) is 18.5. The second kappa shape index (κ2) is 9.77. The van der Waals surface area contributed by atoms with E-state index >= 15 is 0 Å². The van der Waals surface area contributed by atoms with Crippen LogP contribution in [-0.2, 0) is 35.7 Å². The minimum atomic E-state index is -4.98. The highest BCUT2D eigenvalue weighted by atomic mass is 32.2.